The van der Waals surface area contributed by atoms with Crippen LogP contribution in [0, 0.1) is 13.8 Å². The van der Waals surface area contributed by atoms with Crippen molar-refractivity contribution in [1.82, 2.24) is 4.98 Å². The summed E-state index contributed by atoms with van der Waals surface area (Å²) in [6.45, 7) is 4.41. The molecule has 1 heterocycles. The first-order valence-corrected chi connectivity index (χ1v) is 8.58. The number of hydrogen-bond donors (Lipinski definition) is 1. The summed E-state index contributed by atoms with van der Waals surface area (Å²) in [6.07, 6.45) is 2.73. The van der Waals surface area contributed by atoms with Gasteiger partial charge in [0.05, 0.1) is 19.9 Å². The molecule has 0 bridgehead atoms. The number of nitrogens with one attached hydrogen (secondary N) is 1. The van der Waals surface area contributed by atoms with Gasteiger partial charge in [0.2, 0.25) is 5.78 Å². The fourth-order valence-corrected chi connectivity index (χ4v) is 2.94. The zero-order valence-electron chi connectivity index (χ0n) is 16.5. The number of carbonyl (C=O) groups is 3. The fraction of sp³-hybridized carbons (Fsp3) is 0.286. The van der Waals surface area contributed by atoms with E-state index in [0.29, 0.717) is 33.9 Å². The van der Waals surface area contributed by atoms with E-state index in [-0.39, 0.29) is 11.5 Å². The van der Waals surface area contributed by atoms with E-state index in [1.165, 1.54) is 33.3 Å². The normalized spacial score (nSPS) is 10.8. The molecule has 0 aliphatic rings. The van der Waals surface area contributed by atoms with Crippen molar-refractivity contribution in [3.05, 3.63) is 52.4 Å². The lowest BCUT2D eigenvalue weighted by Crippen LogP contribution is -2.14. The van der Waals surface area contributed by atoms with E-state index in [0.717, 1.165) is 0 Å². The lowest BCUT2D eigenvalue weighted by Gasteiger charge is -2.07. The van der Waals surface area contributed by atoms with E-state index in [2.05, 4.69) is 4.98 Å². The minimum Gasteiger partial charge on any atom is -0.497 e. The smallest absolute Gasteiger partial charge is 0.331 e. The van der Waals surface area contributed by atoms with Crippen molar-refractivity contribution in [2.45, 2.75) is 20.8 Å². The molecule has 0 aliphatic carbocycles. The molecule has 2 aromatic rings. The Kier molecular flexibility index (Phi) is 6.76. The number of esters is 1. The SMILES string of the molecule is COc1ccc(OC)c(/C=C/C(=O)OCC(=O)c2[nH]c(C)c(C(C)=O)c2C)c1. The van der Waals surface area contributed by atoms with Gasteiger partial charge >= 0.3 is 5.97 Å². The summed E-state index contributed by atoms with van der Waals surface area (Å²) in [6, 6.07) is 5.17. The number of aryl methyl sites for hydroxylation is 1. The van der Waals surface area contributed by atoms with Crippen LogP contribution in [-0.2, 0) is 9.53 Å². The average Bonchev–Trinajstić information content (AvgIpc) is 2.98. The molecule has 1 aromatic heterocycles. The summed E-state index contributed by atoms with van der Waals surface area (Å²) in [5.74, 6) is -0.0322. The van der Waals surface area contributed by atoms with Gasteiger partial charge in [-0.1, -0.05) is 0 Å². The standard InChI is InChI=1S/C21H23NO6/c1-12-20(14(3)23)13(2)22-21(12)17(24)11-28-19(25)9-6-15-10-16(26-4)7-8-18(15)27-5/h6-10,22H,11H2,1-5H3/b9-6+. The monoisotopic (exact) mass is 385 g/mol. The fourth-order valence-electron chi connectivity index (χ4n) is 2.94. The van der Waals surface area contributed by atoms with Crippen LogP contribution in [0.15, 0.2) is 24.3 Å². The number of aromatic nitrogens is 1. The largest absolute Gasteiger partial charge is 0.497 e. The van der Waals surface area contributed by atoms with Crippen LogP contribution in [0.1, 0.15) is 44.6 Å². The van der Waals surface area contributed by atoms with Crippen LogP contribution >= 0.6 is 0 Å². The Balaban J connectivity index is 2.05. The lowest BCUT2D eigenvalue weighted by molar-refractivity contribution is -0.136. The molecule has 0 amide bonds. The first kappa shape index (κ1) is 21.0. The molecule has 0 saturated carbocycles. The van der Waals surface area contributed by atoms with Crippen molar-refractivity contribution < 1.29 is 28.6 Å². The Bertz CT molecular complexity index is 939. The summed E-state index contributed by atoms with van der Waals surface area (Å²) in [4.78, 5) is 38.9. The van der Waals surface area contributed by atoms with Gasteiger partial charge in [0, 0.05) is 22.9 Å². The van der Waals surface area contributed by atoms with Crippen molar-refractivity contribution >= 4 is 23.6 Å². The van der Waals surface area contributed by atoms with Crippen LogP contribution in [0.3, 0.4) is 0 Å². The van der Waals surface area contributed by atoms with E-state index >= 15 is 0 Å². The summed E-state index contributed by atoms with van der Waals surface area (Å²) >= 11 is 0. The Hall–Kier alpha value is -3.35. The van der Waals surface area contributed by atoms with Crippen LogP contribution in [0.25, 0.3) is 6.08 Å². The van der Waals surface area contributed by atoms with E-state index in [1.807, 2.05) is 0 Å². The summed E-state index contributed by atoms with van der Waals surface area (Å²) in [5.41, 5.74) is 2.56. The molecular weight excluding hydrogens is 362 g/mol. The molecule has 0 unspecified atom stereocenters. The lowest BCUT2D eigenvalue weighted by atomic mass is 10.1. The molecular formula is C21H23NO6. The molecule has 0 atom stereocenters. The number of methoxy groups -OCH3 is 2. The maximum atomic E-state index is 12.3. The average molecular weight is 385 g/mol. The van der Waals surface area contributed by atoms with Gasteiger partial charge < -0.3 is 19.2 Å². The third kappa shape index (κ3) is 4.68. The molecule has 28 heavy (non-hydrogen) atoms. The first-order valence-electron chi connectivity index (χ1n) is 8.58. The highest BCUT2D eigenvalue weighted by atomic mass is 16.5. The third-order valence-corrected chi connectivity index (χ3v) is 4.25. The predicted octanol–water partition coefficient (Wildman–Crippen LogP) is 3.29. The molecule has 1 aromatic carbocycles. The second-order valence-electron chi connectivity index (χ2n) is 6.15. The van der Waals surface area contributed by atoms with Gasteiger partial charge in [-0.2, -0.15) is 0 Å². The number of hydrogen-bond acceptors (Lipinski definition) is 6. The zero-order chi connectivity index (χ0) is 20.8. The quantitative estimate of drug-likeness (QED) is 0.426. The van der Waals surface area contributed by atoms with E-state index in [9.17, 15) is 14.4 Å². The molecule has 0 aliphatic heterocycles. The van der Waals surface area contributed by atoms with Crippen LogP contribution in [0.2, 0.25) is 0 Å². The van der Waals surface area contributed by atoms with Crippen molar-refractivity contribution in [3.63, 3.8) is 0 Å². The number of carbonyl (C=O) groups excluding carboxylic acids is 3. The Morgan fingerprint density at radius 3 is 2.39 bits per heavy atom. The van der Waals surface area contributed by atoms with Crippen molar-refractivity contribution in [2.24, 2.45) is 0 Å². The number of rotatable bonds is 8. The molecule has 1 N–H and O–H groups in total. The topological polar surface area (TPSA) is 94.7 Å². The van der Waals surface area contributed by atoms with Gasteiger partial charge in [-0.3, -0.25) is 9.59 Å². The number of Topliss-reactive ketones (excluding diaryl/α,β-unsaturated/α-hetero) is 2. The zero-order valence-corrected chi connectivity index (χ0v) is 16.5. The van der Waals surface area contributed by atoms with Gasteiger partial charge in [-0.15, -0.1) is 0 Å². The van der Waals surface area contributed by atoms with E-state index in [1.54, 1.807) is 32.0 Å². The highest BCUT2D eigenvalue weighted by Gasteiger charge is 2.20. The second kappa shape index (κ2) is 9.03. The van der Waals surface area contributed by atoms with Crippen molar-refractivity contribution in [3.8, 4) is 11.5 Å². The molecule has 0 spiro atoms. The molecule has 2 rings (SSSR count). The maximum absolute atomic E-state index is 12.3. The maximum Gasteiger partial charge on any atom is 0.331 e. The molecule has 7 heteroatoms. The summed E-state index contributed by atoms with van der Waals surface area (Å²) in [7, 11) is 3.06. The molecule has 148 valence electrons. The highest BCUT2D eigenvalue weighted by Crippen LogP contribution is 2.25. The number of ketones is 2. The van der Waals surface area contributed by atoms with E-state index in [4.69, 9.17) is 14.2 Å². The van der Waals surface area contributed by atoms with Crippen LogP contribution in [0.5, 0.6) is 11.5 Å². The Morgan fingerprint density at radius 2 is 1.82 bits per heavy atom. The van der Waals surface area contributed by atoms with Gasteiger partial charge in [0.15, 0.2) is 12.4 Å². The number of benzene rings is 1. The second-order valence-corrected chi connectivity index (χ2v) is 6.15. The van der Waals surface area contributed by atoms with Crippen molar-refractivity contribution in [2.75, 3.05) is 20.8 Å². The number of H-pyrrole nitrogens is 1. The predicted molar refractivity (Wildman–Crippen MR) is 104 cm³/mol. The summed E-state index contributed by atoms with van der Waals surface area (Å²) < 4.78 is 15.4. The van der Waals surface area contributed by atoms with Gasteiger partial charge in [-0.25, -0.2) is 4.79 Å². The number of aromatic amines is 1. The van der Waals surface area contributed by atoms with E-state index < -0.39 is 18.4 Å². The Labute approximate surface area is 163 Å². The number of ether oxygens (including phenoxy) is 3. The molecule has 0 fully saturated rings. The van der Waals surface area contributed by atoms with Crippen LogP contribution in [-0.4, -0.2) is 43.3 Å². The van der Waals surface area contributed by atoms with Crippen molar-refractivity contribution in [1.29, 1.82) is 0 Å². The minimum atomic E-state index is -0.675. The molecule has 7 nitrogen and oxygen atoms in total. The minimum absolute atomic E-state index is 0.127. The van der Waals surface area contributed by atoms with Gasteiger partial charge in [0.25, 0.3) is 0 Å². The van der Waals surface area contributed by atoms with Crippen LogP contribution < -0.4 is 9.47 Å². The van der Waals surface area contributed by atoms with Gasteiger partial charge in [-0.05, 0) is 50.6 Å². The highest BCUT2D eigenvalue weighted by molar-refractivity contribution is 6.04. The first-order chi connectivity index (χ1) is 13.3. The summed E-state index contributed by atoms with van der Waals surface area (Å²) in [5, 5.41) is 0. The van der Waals surface area contributed by atoms with Gasteiger partial charge in [0.1, 0.15) is 11.5 Å². The van der Waals surface area contributed by atoms with Crippen LogP contribution in [0.4, 0.5) is 0 Å². The molecule has 0 radical (unpaired) electrons. The third-order valence-electron chi connectivity index (χ3n) is 4.25. The Morgan fingerprint density at radius 1 is 1.11 bits per heavy atom. The molecule has 0 saturated heterocycles.